The van der Waals surface area contributed by atoms with Gasteiger partial charge in [0.25, 0.3) is 0 Å². The topological polar surface area (TPSA) is 53.1 Å². The van der Waals surface area contributed by atoms with E-state index in [0.29, 0.717) is 11.3 Å². The number of anilines is 4. The Bertz CT molecular complexity index is 1140. The van der Waals surface area contributed by atoms with Gasteiger partial charge in [-0.1, -0.05) is 35.1 Å². The summed E-state index contributed by atoms with van der Waals surface area (Å²) in [6.45, 7) is 0.897. The number of pyridine rings is 1. The average molecular weight is 428 g/mol. The smallest absolute Gasteiger partial charge is 0.189 e. The summed E-state index contributed by atoms with van der Waals surface area (Å²) in [7, 11) is 4.09. The van der Waals surface area contributed by atoms with E-state index in [2.05, 4.69) is 37.6 Å². The Labute approximate surface area is 177 Å². The molecule has 0 saturated carbocycles. The first kappa shape index (κ1) is 19.6. The Morgan fingerprint density at radius 2 is 1.79 bits per heavy atom. The molecule has 0 amide bonds. The van der Waals surface area contributed by atoms with E-state index in [1.54, 1.807) is 18.3 Å². The number of halogens is 2. The molecule has 0 saturated heterocycles. The van der Waals surface area contributed by atoms with E-state index in [1.165, 1.54) is 23.0 Å². The van der Waals surface area contributed by atoms with Crippen molar-refractivity contribution in [3.05, 3.63) is 71.1 Å². The standard InChI is InChI=1S/C21H19ClFN5S/c1-28(2)12-13-3-5-14(6-4-13)26-21-27-20-19(29-21)18(9-10-24-20)25-15-7-8-17(23)16(22)11-15/h3-11H,12H2,1-2H3,(H2,24,25,26,27). The number of nitrogens with one attached hydrogen (secondary N) is 2. The van der Waals surface area contributed by atoms with Crippen molar-refractivity contribution >= 4 is 55.5 Å². The molecule has 4 rings (SSSR count). The Morgan fingerprint density at radius 3 is 2.52 bits per heavy atom. The molecule has 0 atom stereocenters. The third kappa shape index (κ3) is 4.64. The lowest BCUT2D eigenvalue weighted by Crippen LogP contribution is -2.10. The number of hydrogen-bond acceptors (Lipinski definition) is 6. The van der Waals surface area contributed by atoms with E-state index < -0.39 is 5.82 Å². The monoisotopic (exact) mass is 427 g/mol. The maximum atomic E-state index is 13.4. The molecular formula is C21H19ClFN5S. The molecule has 29 heavy (non-hydrogen) atoms. The van der Waals surface area contributed by atoms with Crippen LogP contribution < -0.4 is 10.6 Å². The summed E-state index contributed by atoms with van der Waals surface area (Å²) in [5.41, 5.74) is 4.38. The quantitative estimate of drug-likeness (QED) is 0.393. The van der Waals surface area contributed by atoms with Crippen molar-refractivity contribution in [2.24, 2.45) is 0 Å². The summed E-state index contributed by atoms with van der Waals surface area (Å²) >= 11 is 7.38. The van der Waals surface area contributed by atoms with Gasteiger partial charge in [0.2, 0.25) is 0 Å². The van der Waals surface area contributed by atoms with Crippen molar-refractivity contribution in [3.63, 3.8) is 0 Å². The van der Waals surface area contributed by atoms with Crippen molar-refractivity contribution in [1.29, 1.82) is 0 Å². The fourth-order valence-electron chi connectivity index (χ4n) is 2.90. The molecule has 2 aromatic heterocycles. The summed E-state index contributed by atoms with van der Waals surface area (Å²) in [5, 5.41) is 7.42. The second-order valence-electron chi connectivity index (χ2n) is 6.84. The molecule has 0 aliphatic carbocycles. The van der Waals surface area contributed by atoms with Crippen LogP contribution in [0.5, 0.6) is 0 Å². The first-order valence-electron chi connectivity index (χ1n) is 8.96. The van der Waals surface area contributed by atoms with Crippen LogP contribution in [-0.2, 0) is 6.54 Å². The van der Waals surface area contributed by atoms with Gasteiger partial charge in [-0.25, -0.2) is 9.37 Å². The molecule has 8 heteroatoms. The van der Waals surface area contributed by atoms with Gasteiger partial charge in [-0.2, -0.15) is 4.98 Å². The highest BCUT2D eigenvalue weighted by molar-refractivity contribution is 7.22. The molecule has 0 radical (unpaired) electrons. The van der Waals surface area contributed by atoms with Gasteiger partial charge in [0.05, 0.1) is 15.4 Å². The highest BCUT2D eigenvalue weighted by atomic mass is 35.5. The minimum atomic E-state index is -0.446. The fraction of sp³-hybridized carbons (Fsp3) is 0.143. The van der Waals surface area contributed by atoms with Crippen LogP contribution in [0.2, 0.25) is 5.02 Å². The van der Waals surface area contributed by atoms with Crippen LogP contribution in [0.15, 0.2) is 54.7 Å². The Balaban J connectivity index is 1.56. The summed E-state index contributed by atoms with van der Waals surface area (Å²) in [5.74, 6) is -0.446. The summed E-state index contributed by atoms with van der Waals surface area (Å²) < 4.78 is 14.3. The molecule has 2 N–H and O–H groups in total. The minimum absolute atomic E-state index is 0.0738. The second kappa shape index (κ2) is 8.32. The zero-order valence-corrected chi connectivity index (χ0v) is 17.5. The number of nitrogens with zero attached hydrogens (tertiary/aromatic N) is 3. The normalized spacial score (nSPS) is 11.2. The molecule has 0 aliphatic rings. The van der Waals surface area contributed by atoms with Crippen LogP contribution in [0.3, 0.4) is 0 Å². The maximum Gasteiger partial charge on any atom is 0.189 e. The summed E-state index contributed by atoms with van der Waals surface area (Å²) in [4.78, 5) is 11.1. The lowest BCUT2D eigenvalue weighted by Gasteiger charge is -2.10. The van der Waals surface area contributed by atoms with Gasteiger partial charge in [-0.3, -0.25) is 0 Å². The molecule has 0 bridgehead atoms. The highest BCUT2D eigenvalue weighted by Crippen LogP contribution is 2.34. The van der Waals surface area contributed by atoms with E-state index >= 15 is 0 Å². The van der Waals surface area contributed by atoms with E-state index in [4.69, 9.17) is 11.6 Å². The number of thiazole rings is 1. The second-order valence-corrected chi connectivity index (χ2v) is 8.25. The molecule has 0 spiro atoms. The Hall–Kier alpha value is -2.74. The molecule has 2 aromatic carbocycles. The van der Waals surface area contributed by atoms with E-state index in [9.17, 15) is 4.39 Å². The molecule has 0 fully saturated rings. The molecule has 0 unspecified atom stereocenters. The average Bonchev–Trinajstić information content (AvgIpc) is 3.09. The minimum Gasteiger partial charge on any atom is -0.354 e. The lowest BCUT2D eigenvalue weighted by molar-refractivity contribution is 0.402. The summed E-state index contributed by atoms with van der Waals surface area (Å²) in [6, 6.07) is 14.7. The first-order valence-corrected chi connectivity index (χ1v) is 10.2. The Morgan fingerprint density at radius 1 is 1.03 bits per heavy atom. The zero-order valence-electron chi connectivity index (χ0n) is 15.9. The maximum absolute atomic E-state index is 13.4. The fourth-order valence-corrected chi connectivity index (χ4v) is 3.99. The summed E-state index contributed by atoms with van der Waals surface area (Å²) in [6.07, 6.45) is 1.69. The predicted molar refractivity (Wildman–Crippen MR) is 119 cm³/mol. The van der Waals surface area contributed by atoms with Gasteiger partial charge in [-0.05, 0) is 56.1 Å². The van der Waals surface area contributed by atoms with Crippen LogP contribution in [0.4, 0.5) is 26.6 Å². The van der Waals surface area contributed by atoms with Gasteiger partial charge in [-0.15, -0.1) is 0 Å². The third-order valence-electron chi connectivity index (χ3n) is 4.19. The molecule has 2 heterocycles. The predicted octanol–water partition coefficient (Wildman–Crippen LogP) is 6.03. The number of fused-ring (bicyclic) bond motifs is 1. The number of aromatic nitrogens is 2. The SMILES string of the molecule is CN(C)Cc1ccc(Nc2nc3nccc(Nc4ccc(F)c(Cl)c4)c3s2)cc1. The van der Waals surface area contributed by atoms with Crippen molar-refractivity contribution in [3.8, 4) is 0 Å². The lowest BCUT2D eigenvalue weighted by atomic mass is 10.2. The number of hydrogen-bond donors (Lipinski definition) is 2. The first-order chi connectivity index (χ1) is 14.0. The number of rotatable bonds is 6. The highest BCUT2D eigenvalue weighted by Gasteiger charge is 2.11. The van der Waals surface area contributed by atoms with E-state index in [0.717, 1.165) is 27.8 Å². The van der Waals surface area contributed by atoms with Crippen LogP contribution in [0, 0.1) is 5.82 Å². The van der Waals surface area contributed by atoms with Crippen LogP contribution in [-0.4, -0.2) is 29.0 Å². The number of benzene rings is 2. The molecule has 0 aliphatic heterocycles. The van der Waals surface area contributed by atoms with E-state index in [-0.39, 0.29) is 5.02 Å². The largest absolute Gasteiger partial charge is 0.354 e. The van der Waals surface area contributed by atoms with E-state index in [1.807, 2.05) is 32.3 Å². The van der Waals surface area contributed by atoms with Crippen molar-refractivity contribution < 1.29 is 4.39 Å². The molecule has 4 aromatic rings. The van der Waals surface area contributed by atoms with Gasteiger partial charge in [0.1, 0.15) is 5.82 Å². The van der Waals surface area contributed by atoms with Crippen molar-refractivity contribution in [2.75, 3.05) is 24.7 Å². The van der Waals surface area contributed by atoms with Crippen molar-refractivity contribution in [2.45, 2.75) is 6.54 Å². The third-order valence-corrected chi connectivity index (χ3v) is 5.48. The van der Waals surface area contributed by atoms with Gasteiger partial charge in [0, 0.05) is 24.1 Å². The van der Waals surface area contributed by atoms with Gasteiger partial charge >= 0.3 is 0 Å². The van der Waals surface area contributed by atoms with Crippen LogP contribution in [0.25, 0.3) is 10.3 Å². The molecule has 148 valence electrons. The van der Waals surface area contributed by atoms with Crippen LogP contribution >= 0.6 is 22.9 Å². The van der Waals surface area contributed by atoms with Crippen LogP contribution in [0.1, 0.15) is 5.56 Å². The van der Waals surface area contributed by atoms with Gasteiger partial charge < -0.3 is 15.5 Å². The zero-order chi connectivity index (χ0) is 20.4. The van der Waals surface area contributed by atoms with Gasteiger partial charge in [0.15, 0.2) is 10.8 Å². The Kier molecular flexibility index (Phi) is 5.62. The molecular weight excluding hydrogens is 409 g/mol. The molecule has 5 nitrogen and oxygen atoms in total. The van der Waals surface area contributed by atoms with Crippen molar-refractivity contribution in [1.82, 2.24) is 14.9 Å².